The Morgan fingerprint density at radius 2 is 2.56 bits per heavy atom. The van der Waals surface area contributed by atoms with E-state index in [9.17, 15) is 0 Å². The molecule has 1 fully saturated rings. The van der Waals surface area contributed by atoms with Crippen LogP contribution in [0.4, 0.5) is 0 Å². The van der Waals surface area contributed by atoms with Crippen molar-refractivity contribution in [3.8, 4) is 0 Å². The summed E-state index contributed by atoms with van der Waals surface area (Å²) in [7, 11) is 0. The van der Waals surface area contributed by atoms with Crippen LogP contribution in [0.1, 0.15) is 19.3 Å². The highest BCUT2D eigenvalue weighted by atomic mass is 15.4. The smallest absolute Gasteiger partial charge is 0.0276 e. The molecule has 0 amide bonds. The minimum atomic E-state index is 0.572. The molecule has 0 aliphatic carbocycles. The number of hydrogen-bond donors (Lipinski definition) is 1. The van der Waals surface area contributed by atoms with Gasteiger partial charge in [-0.3, -0.25) is 5.84 Å². The molecule has 1 rings (SSSR count). The molecule has 1 aliphatic heterocycles. The molecule has 2 heteroatoms. The lowest BCUT2D eigenvalue weighted by Crippen LogP contribution is -2.35. The Bertz CT molecular complexity index is 101. The van der Waals surface area contributed by atoms with Crippen molar-refractivity contribution < 1.29 is 0 Å². The van der Waals surface area contributed by atoms with Crippen LogP contribution in [0.3, 0.4) is 0 Å². The van der Waals surface area contributed by atoms with E-state index in [1.54, 1.807) is 0 Å². The van der Waals surface area contributed by atoms with Gasteiger partial charge in [-0.15, -0.1) is 6.58 Å². The molecule has 0 saturated carbocycles. The molecule has 9 heavy (non-hydrogen) atoms. The molecule has 52 valence electrons. The van der Waals surface area contributed by atoms with E-state index >= 15 is 0 Å². The van der Waals surface area contributed by atoms with Gasteiger partial charge in [0.1, 0.15) is 0 Å². The van der Waals surface area contributed by atoms with Gasteiger partial charge in [0, 0.05) is 12.6 Å². The summed E-state index contributed by atoms with van der Waals surface area (Å²) in [6.45, 7) is 4.73. The molecule has 0 spiro atoms. The minimum absolute atomic E-state index is 0.572. The quantitative estimate of drug-likeness (QED) is 0.440. The second kappa shape index (κ2) is 2.99. The van der Waals surface area contributed by atoms with Crippen LogP contribution in [0.25, 0.3) is 0 Å². The minimum Gasteiger partial charge on any atom is -0.269 e. The zero-order chi connectivity index (χ0) is 6.69. The Morgan fingerprint density at radius 3 is 3.00 bits per heavy atom. The maximum absolute atomic E-state index is 5.65. The lowest BCUT2D eigenvalue weighted by atomic mass is 10.1. The lowest BCUT2D eigenvalue weighted by Gasteiger charge is -2.16. The summed E-state index contributed by atoms with van der Waals surface area (Å²) in [5.41, 5.74) is 0. The Kier molecular flexibility index (Phi) is 2.25. The van der Waals surface area contributed by atoms with Crippen LogP contribution in [-0.2, 0) is 0 Å². The average molecular weight is 126 g/mol. The molecule has 2 N–H and O–H groups in total. The maximum Gasteiger partial charge on any atom is 0.0276 e. The largest absolute Gasteiger partial charge is 0.269 e. The van der Waals surface area contributed by atoms with Gasteiger partial charge in [0.2, 0.25) is 0 Å². The van der Waals surface area contributed by atoms with Crippen molar-refractivity contribution in [2.75, 3.05) is 6.54 Å². The number of nitrogens with two attached hydrogens (primary N) is 1. The second-order valence-electron chi connectivity index (χ2n) is 2.56. The molecule has 0 aromatic rings. The van der Waals surface area contributed by atoms with E-state index in [2.05, 4.69) is 6.58 Å². The number of rotatable bonds is 2. The van der Waals surface area contributed by atoms with Crippen LogP contribution >= 0.6 is 0 Å². The zero-order valence-corrected chi connectivity index (χ0v) is 5.71. The van der Waals surface area contributed by atoms with Crippen LogP contribution < -0.4 is 5.84 Å². The number of hydrogen-bond acceptors (Lipinski definition) is 2. The van der Waals surface area contributed by atoms with Crippen molar-refractivity contribution in [1.29, 1.82) is 0 Å². The highest BCUT2D eigenvalue weighted by molar-refractivity contribution is 4.82. The number of nitrogens with zero attached hydrogens (tertiary/aromatic N) is 1. The van der Waals surface area contributed by atoms with Gasteiger partial charge in [-0.25, -0.2) is 5.01 Å². The topological polar surface area (TPSA) is 29.3 Å². The summed E-state index contributed by atoms with van der Waals surface area (Å²) in [4.78, 5) is 0. The van der Waals surface area contributed by atoms with Gasteiger partial charge in [0.05, 0.1) is 0 Å². The summed E-state index contributed by atoms with van der Waals surface area (Å²) in [6.07, 6.45) is 5.46. The van der Waals surface area contributed by atoms with Crippen molar-refractivity contribution in [1.82, 2.24) is 5.01 Å². The van der Waals surface area contributed by atoms with Crippen LogP contribution in [0, 0.1) is 0 Å². The molecule has 1 atom stereocenters. The third-order valence-corrected chi connectivity index (χ3v) is 1.86. The number of hydrazine groups is 1. The molecular formula is C7H14N2. The highest BCUT2D eigenvalue weighted by Crippen LogP contribution is 2.15. The molecular weight excluding hydrogens is 112 g/mol. The molecule has 2 nitrogen and oxygen atoms in total. The fraction of sp³-hybridized carbons (Fsp3) is 0.714. The molecule has 1 aliphatic rings. The van der Waals surface area contributed by atoms with Crippen LogP contribution in [0.2, 0.25) is 0 Å². The van der Waals surface area contributed by atoms with Gasteiger partial charge >= 0.3 is 0 Å². The lowest BCUT2D eigenvalue weighted by molar-refractivity contribution is 0.263. The average Bonchev–Trinajstić information content (AvgIpc) is 2.18. The normalized spacial score (nSPS) is 28.8. The van der Waals surface area contributed by atoms with Crippen molar-refractivity contribution in [3.63, 3.8) is 0 Å². The summed E-state index contributed by atoms with van der Waals surface area (Å²) in [5.74, 6) is 5.65. The van der Waals surface area contributed by atoms with Gasteiger partial charge < -0.3 is 0 Å². The van der Waals surface area contributed by atoms with Gasteiger partial charge in [0.15, 0.2) is 0 Å². The van der Waals surface area contributed by atoms with E-state index in [0.29, 0.717) is 6.04 Å². The fourth-order valence-electron chi connectivity index (χ4n) is 1.30. The molecule has 0 aromatic carbocycles. The Balaban J connectivity index is 2.30. The molecule has 1 heterocycles. The Morgan fingerprint density at radius 1 is 1.78 bits per heavy atom. The third-order valence-electron chi connectivity index (χ3n) is 1.86. The summed E-state index contributed by atoms with van der Waals surface area (Å²) >= 11 is 0. The van der Waals surface area contributed by atoms with Gasteiger partial charge in [0.25, 0.3) is 0 Å². The predicted molar refractivity (Wildman–Crippen MR) is 38.7 cm³/mol. The van der Waals surface area contributed by atoms with E-state index in [0.717, 1.165) is 13.0 Å². The first-order valence-electron chi connectivity index (χ1n) is 3.47. The highest BCUT2D eigenvalue weighted by Gasteiger charge is 2.19. The van der Waals surface area contributed by atoms with Crippen molar-refractivity contribution >= 4 is 0 Å². The first-order valence-corrected chi connectivity index (χ1v) is 3.47. The van der Waals surface area contributed by atoms with Gasteiger partial charge in [-0.2, -0.15) is 0 Å². The summed E-state index contributed by atoms with van der Waals surface area (Å²) < 4.78 is 0. The van der Waals surface area contributed by atoms with Crippen LogP contribution in [-0.4, -0.2) is 17.6 Å². The predicted octanol–water partition coefficient (Wildman–Crippen LogP) is 0.901. The molecule has 0 aromatic heterocycles. The van der Waals surface area contributed by atoms with E-state index in [1.165, 1.54) is 12.8 Å². The Hall–Kier alpha value is -0.340. The standard InChI is InChI=1S/C7H14N2/c1-2-4-7-5-3-6-9(7)8/h2,7H,1,3-6,8H2. The molecule has 0 bridgehead atoms. The van der Waals surface area contributed by atoms with Gasteiger partial charge in [-0.1, -0.05) is 6.08 Å². The van der Waals surface area contributed by atoms with E-state index in [-0.39, 0.29) is 0 Å². The first kappa shape index (κ1) is 6.78. The second-order valence-corrected chi connectivity index (χ2v) is 2.56. The molecule has 1 saturated heterocycles. The van der Waals surface area contributed by atoms with Crippen molar-refractivity contribution in [2.24, 2.45) is 5.84 Å². The summed E-state index contributed by atoms with van der Waals surface area (Å²) in [6, 6.07) is 0.572. The maximum atomic E-state index is 5.65. The van der Waals surface area contributed by atoms with E-state index in [1.807, 2.05) is 11.1 Å². The van der Waals surface area contributed by atoms with Crippen molar-refractivity contribution in [3.05, 3.63) is 12.7 Å². The van der Waals surface area contributed by atoms with Crippen LogP contribution in [0.5, 0.6) is 0 Å². The third kappa shape index (κ3) is 1.53. The van der Waals surface area contributed by atoms with E-state index < -0.39 is 0 Å². The monoisotopic (exact) mass is 126 g/mol. The first-order chi connectivity index (χ1) is 4.34. The summed E-state index contributed by atoms with van der Waals surface area (Å²) in [5, 5.41) is 1.92. The Labute approximate surface area is 56.3 Å². The van der Waals surface area contributed by atoms with E-state index in [4.69, 9.17) is 5.84 Å². The van der Waals surface area contributed by atoms with Crippen LogP contribution in [0.15, 0.2) is 12.7 Å². The van der Waals surface area contributed by atoms with Gasteiger partial charge in [-0.05, 0) is 19.3 Å². The molecule has 1 unspecified atom stereocenters. The SMILES string of the molecule is C=CCC1CCCN1N. The molecule has 0 radical (unpaired) electrons. The zero-order valence-electron chi connectivity index (χ0n) is 5.71. The fourth-order valence-corrected chi connectivity index (χ4v) is 1.30. The van der Waals surface area contributed by atoms with Crippen molar-refractivity contribution in [2.45, 2.75) is 25.3 Å².